The summed E-state index contributed by atoms with van der Waals surface area (Å²) < 4.78 is 4.86. The van der Waals surface area contributed by atoms with Crippen molar-refractivity contribution in [2.24, 2.45) is 0 Å². The predicted molar refractivity (Wildman–Crippen MR) is 211 cm³/mol. The summed E-state index contributed by atoms with van der Waals surface area (Å²) in [6.45, 7) is 0. The number of hydrogen-bond donors (Lipinski definition) is 0. The number of aromatic nitrogens is 2. The maximum absolute atomic E-state index is 2.45. The first kappa shape index (κ1) is 28.4. The van der Waals surface area contributed by atoms with Gasteiger partial charge in [-0.1, -0.05) is 140 Å². The van der Waals surface area contributed by atoms with E-state index in [1.165, 1.54) is 77.0 Å². The predicted octanol–water partition coefficient (Wildman–Crippen LogP) is 12.9. The Bertz CT molecular complexity index is 2820. The molecule has 2 nitrogen and oxygen atoms in total. The Morgan fingerprint density at radius 3 is 1.34 bits per heavy atom. The number of rotatable bonds is 5. The Hall–Kier alpha value is -6.64. The molecule has 0 saturated heterocycles. The van der Waals surface area contributed by atoms with Crippen LogP contribution < -0.4 is 0 Å². The van der Waals surface area contributed by atoms with Gasteiger partial charge in [-0.3, -0.25) is 0 Å². The Kier molecular flexibility index (Phi) is 6.53. The molecular weight excluding hydrogens is 605 g/mol. The summed E-state index contributed by atoms with van der Waals surface area (Å²) in [5, 5.41) is 4.98. The van der Waals surface area contributed by atoms with E-state index in [1.54, 1.807) is 0 Å². The summed E-state index contributed by atoms with van der Waals surface area (Å²) in [6.07, 6.45) is 0. The maximum Gasteiger partial charge on any atom is 0.0548 e. The van der Waals surface area contributed by atoms with Crippen LogP contribution in [0.15, 0.2) is 194 Å². The second kappa shape index (κ2) is 11.5. The second-order valence-electron chi connectivity index (χ2n) is 13.0. The van der Waals surface area contributed by atoms with Crippen LogP contribution in [0.25, 0.3) is 88.4 Å². The Morgan fingerprint density at radius 1 is 0.220 bits per heavy atom. The van der Waals surface area contributed by atoms with Gasteiger partial charge in [0.05, 0.1) is 22.1 Å². The molecule has 10 aromatic rings. The molecule has 0 unspecified atom stereocenters. The molecule has 234 valence electrons. The summed E-state index contributed by atoms with van der Waals surface area (Å²) in [5.74, 6) is 0. The van der Waals surface area contributed by atoms with E-state index in [4.69, 9.17) is 0 Å². The van der Waals surface area contributed by atoms with Gasteiger partial charge in [0.1, 0.15) is 0 Å². The molecule has 0 saturated carbocycles. The lowest BCUT2D eigenvalue weighted by Crippen LogP contribution is -1.95. The Morgan fingerprint density at radius 2 is 0.640 bits per heavy atom. The highest BCUT2D eigenvalue weighted by atomic mass is 15.0. The van der Waals surface area contributed by atoms with Crippen LogP contribution in [0, 0.1) is 0 Å². The third-order valence-electron chi connectivity index (χ3n) is 10.1. The van der Waals surface area contributed by atoms with Crippen LogP contribution in [0.5, 0.6) is 0 Å². The van der Waals surface area contributed by atoms with E-state index < -0.39 is 0 Å². The van der Waals surface area contributed by atoms with Gasteiger partial charge < -0.3 is 9.13 Å². The van der Waals surface area contributed by atoms with E-state index in [0.29, 0.717) is 0 Å². The van der Waals surface area contributed by atoms with Crippen molar-refractivity contribution >= 4 is 43.6 Å². The summed E-state index contributed by atoms with van der Waals surface area (Å²) >= 11 is 0. The lowest BCUT2D eigenvalue weighted by atomic mass is 10.00. The number of fused-ring (bicyclic) bond motifs is 6. The zero-order valence-electron chi connectivity index (χ0n) is 27.4. The molecule has 0 fully saturated rings. The van der Waals surface area contributed by atoms with Crippen molar-refractivity contribution in [3.05, 3.63) is 194 Å². The average molecular weight is 637 g/mol. The van der Waals surface area contributed by atoms with Gasteiger partial charge in [0, 0.05) is 32.9 Å². The minimum atomic E-state index is 1.15. The standard InChI is InChI=1S/C48H32N2/c1-4-13-33(14-5-1)35-23-25-36(26-24-35)37-17-12-20-40(29-37)50-46-28-27-38(34-15-6-2-7-16-34)30-42(46)44-32-47-43(31-48(44)50)41-21-10-11-22-45(41)49(47)39-18-8-3-9-19-39/h1-32H. The van der Waals surface area contributed by atoms with Gasteiger partial charge in [0.25, 0.3) is 0 Å². The summed E-state index contributed by atoms with van der Waals surface area (Å²) in [6, 6.07) is 70.4. The fourth-order valence-corrected chi connectivity index (χ4v) is 7.73. The van der Waals surface area contributed by atoms with Crippen LogP contribution in [0.1, 0.15) is 0 Å². The van der Waals surface area contributed by atoms with Crippen molar-refractivity contribution < 1.29 is 0 Å². The van der Waals surface area contributed by atoms with Gasteiger partial charge in [-0.25, -0.2) is 0 Å². The molecular formula is C48H32N2. The zero-order chi connectivity index (χ0) is 33.0. The lowest BCUT2D eigenvalue weighted by Gasteiger charge is -2.12. The first-order valence-electron chi connectivity index (χ1n) is 17.2. The third-order valence-corrected chi connectivity index (χ3v) is 10.1. The molecule has 50 heavy (non-hydrogen) atoms. The highest BCUT2D eigenvalue weighted by Gasteiger charge is 2.19. The number of nitrogens with zero attached hydrogens (tertiary/aromatic N) is 2. The smallest absolute Gasteiger partial charge is 0.0548 e. The van der Waals surface area contributed by atoms with Gasteiger partial charge in [-0.2, -0.15) is 0 Å². The molecule has 0 atom stereocenters. The molecule has 10 rings (SSSR count). The van der Waals surface area contributed by atoms with E-state index >= 15 is 0 Å². The molecule has 0 N–H and O–H groups in total. The molecule has 0 aliphatic rings. The molecule has 0 aliphatic carbocycles. The SMILES string of the molecule is c1ccc(-c2ccc(-c3cccc(-n4c5ccc(-c6ccccc6)cc5c5cc6c(cc54)c4ccccc4n6-c4ccccc4)c3)cc2)cc1. The van der Waals surface area contributed by atoms with E-state index in [2.05, 4.69) is 203 Å². The van der Waals surface area contributed by atoms with Crippen molar-refractivity contribution in [3.8, 4) is 44.8 Å². The van der Waals surface area contributed by atoms with Crippen LogP contribution in [0.4, 0.5) is 0 Å². The summed E-state index contributed by atoms with van der Waals surface area (Å²) in [5.41, 5.74) is 14.4. The normalized spacial score (nSPS) is 11.6. The molecule has 0 aliphatic heterocycles. The second-order valence-corrected chi connectivity index (χ2v) is 13.0. The van der Waals surface area contributed by atoms with Crippen molar-refractivity contribution in [2.75, 3.05) is 0 Å². The van der Waals surface area contributed by atoms with Crippen molar-refractivity contribution in [1.29, 1.82) is 0 Å². The van der Waals surface area contributed by atoms with Crippen LogP contribution >= 0.6 is 0 Å². The third kappa shape index (κ3) is 4.57. The van der Waals surface area contributed by atoms with Crippen LogP contribution in [0.2, 0.25) is 0 Å². The molecule has 0 bridgehead atoms. The van der Waals surface area contributed by atoms with Gasteiger partial charge >= 0.3 is 0 Å². The van der Waals surface area contributed by atoms with Crippen LogP contribution in [-0.2, 0) is 0 Å². The Labute approximate surface area is 290 Å². The summed E-state index contributed by atoms with van der Waals surface area (Å²) in [4.78, 5) is 0. The van der Waals surface area contributed by atoms with E-state index in [1.807, 2.05) is 0 Å². The number of benzene rings is 8. The van der Waals surface area contributed by atoms with E-state index in [9.17, 15) is 0 Å². The van der Waals surface area contributed by atoms with Gasteiger partial charge in [-0.05, 0) is 88.0 Å². The quantitative estimate of drug-likeness (QED) is 0.178. The average Bonchev–Trinajstić information content (AvgIpc) is 3.69. The van der Waals surface area contributed by atoms with Crippen molar-refractivity contribution in [1.82, 2.24) is 9.13 Å². The highest BCUT2D eigenvalue weighted by Crippen LogP contribution is 2.41. The number of para-hydroxylation sites is 2. The lowest BCUT2D eigenvalue weighted by molar-refractivity contribution is 1.17. The molecule has 0 radical (unpaired) electrons. The topological polar surface area (TPSA) is 9.86 Å². The molecule has 2 heteroatoms. The monoisotopic (exact) mass is 636 g/mol. The molecule has 8 aromatic carbocycles. The maximum atomic E-state index is 2.45. The minimum absolute atomic E-state index is 1.15. The first-order valence-corrected chi connectivity index (χ1v) is 17.2. The van der Waals surface area contributed by atoms with E-state index in [-0.39, 0.29) is 0 Å². The van der Waals surface area contributed by atoms with Gasteiger partial charge in [0.2, 0.25) is 0 Å². The van der Waals surface area contributed by atoms with Crippen LogP contribution in [-0.4, -0.2) is 9.13 Å². The van der Waals surface area contributed by atoms with E-state index in [0.717, 1.165) is 11.4 Å². The zero-order valence-corrected chi connectivity index (χ0v) is 27.4. The molecule has 0 spiro atoms. The minimum Gasteiger partial charge on any atom is -0.309 e. The van der Waals surface area contributed by atoms with Crippen LogP contribution in [0.3, 0.4) is 0 Å². The fraction of sp³-hybridized carbons (Fsp3) is 0. The summed E-state index contributed by atoms with van der Waals surface area (Å²) in [7, 11) is 0. The molecule has 2 heterocycles. The van der Waals surface area contributed by atoms with Crippen molar-refractivity contribution in [2.45, 2.75) is 0 Å². The highest BCUT2D eigenvalue weighted by molar-refractivity contribution is 6.19. The fourth-order valence-electron chi connectivity index (χ4n) is 7.73. The molecule has 2 aromatic heterocycles. The largest absolute Gasteiger partial charge is 0.309 e. The van der Waals surface area contributed by atoms with Gasteiger partial charge in [0.15, 0.2) is 0 Å². The number of hydrogen-bond acceptors (Lipinski definition) is 0. The first-order chi connectivity index (χ1) is 24.8. The molecule has 0 amide bonds. The Balaban J connectivity index is 1.23. The van der Waals surface area contributed by atoms with Gasteiger partial charge in [-0.15, -0.1) is 0 Å². The van der Waals surface area contributed by atoms with Crippen molar-refractivity contribution in [3.63, 3.8) is 0 Å².